The summed E-state index contributed by atoms with van der Waals surface area (Å²) in [4.78, 5) is 4.18. The number of nitrogens with zero attached hydrogens (tertiary/aromatic N) is 1. The van der Waals surface area contributed by atoms with Gasteiger partial charge in [-0.15, -0.1) is 0 Å². The van der Waals surface area contributed by atoms with Crippen molar-refractivity contribution in [1.82, 2.24) is 4.98 Å². The first-order valence-corrected chi connectivity index (χ1v) is 5.46. The smallest absolute Gasteiger partial charge is 0.137 e. The van der Waals surface area contributed by atoms with Crippen molar-refractivity contribution in [2.45, 2.75) is 26.7 Å². The van der Waals surface area contributed by atoms with E-state index in [0.717, 1.165) is 5.75 Å². The summed E-state index contributed by atoms with van der Waals surface area (Å²) < 4.78 is 5.42. The highest BCUT2D eigenvalue weighted by Crippen LogP contribution is 2.25. The van der Waals surface area contributed by atoms with Crippen LogP contribution >= 0.6 is 0 Å². The first-order valence-electron chi connectivity index (χ1n) is 5.46. The molecule has 2 atom stereocenters. The molecule has 2 unspecified atom stereocenters. The van der Waals surface area contributed by atoms with Crippen LogP contribution in [-0.2, 0) is 0 Å². The highest BCUT2D eigenvalue weighted by Gasteiger charge is 2.13. The van der Waals surface area contributed by atoms with Gasteiger partial charge in [-0.05, 0) is 36.9 Å². The van der Waals surface area contributed by atoms with Gasteiger partial charge in [-0.25, -0.2) is 0 Å². The summed E-state index contributed by atoms with van der Waals surface area (Å²) in [5, 5.41) is 0. The zero-order valence-electron chi connectivity index (χ0n) is 9.73. The maximum Gasteiger partial charge on any atom is 0.137 e. The lowest BCUT2D eigenvalue weighted by molar-refractivity contribution is 0.337. The van der Waals surface area contributed by atoms with Gasteiger partial charge in [0.05, 0.1) is 12.8 Å². The van der Waals surface area contributed by atoms with Crippen LogP contribution in [0.2, 0.25) is 0 Å². The van der Waals surface area contributed by atoms with E-state index in [9.17, 15) is 0 Å². The summed E-state index contributed by atoms with van der Waals surface area (Å²) in [6.45, 7) is 7.66. The van der Waals surface area contributed by atoms with Crippen molar-refractivity contribution in [2.75, 3.05) is 13.2 Å². The molecule has 84 valence electrons. The van der Waals surface area contributed by atoms with Gasteiger partial charge < -0.3 is 10.5 Å². The molecule has 15 heavy (non-hydrogen) atoms. The first kappa shape index (κ1) is 12.0. The lowest BCUT2D eigenvalue weighted by atomic mass is 9.90. The second-order valence-electron chi connectivity index (χ2n) is 3.89. The molecule has 0 amide bonds. The molecule has 2 N–H and O–H groups in total. The molecule has 0 saturated heterocycles. The molecule has 3 nitrogen and oxygen atoms in total. The Labute approximate surface area is 91.7 Å². The van der Waals surface area contributed by atoms with Crippen LogP contribution in [0, 0.1) is 5.92 Å². The number of rotatable bonds is 5. The zero-order valence-corrected chi connectivity index (χ0v) is 9.73. The van der Waals surface area contributed by atoms with E-state index in [-0.39, 0.29) is 0 Å². The normalized spacial score (nSPS) is 14.7. The summed E-state index contributed by atoms with van der Waals surface area (Å²) in [6.07, 6.45) is 3.63. The monoisotopic (exact) mass is 208 g/mol. The van der Waals surface area contributed by atoms with E-state index in [1.165, 1.54) is 5.56 Å². The van der Waals surface area contributed by atoms with Crippen molar-refractivity contribution in [1.29, 1.82) is 0 Å². The van der Waals surface area contributed by atoms with Gasteiger partial charge in [-0.1, -0.05) is 13.8 Å². The average molecular weight is 208 g/mol. The fourth-order valence-corrected chi connectivity index (χ4v) is 1.46. The molecule has 3 heteroatoms. The second kappa shape index (κ2) is 5.71. The van der Waals surface area contributed by atoms with Crippen LogP contribution in [0.4, 0.5) is 0 Å². The first-order chi connectivity index (χ1) is 7.19. The van der Waals surface area contributed by atoms with E-state index in [2.05, 4.69) is 18.8 Å². The Hall–Kier alpha value is -1.09. The molecule has 0 radical (unpaired) electrons. The van der Waals surface area contributed by atoms with Crippen LogP contribution in [0.5, 0.6) is 5.75 Å². The molecular formula is C12H20N2O. The third kappa shape index (κ3) is 3.20. The number of aromatic nitrogens is 1. The molecular weight excluding hydrogens is 188 g/mol. The molecule has 0 spiro atoms. The van der Waals surface area contributed by atoms with Gasteiger partial charge in [0.1, 0.15) is 5.75 Å². The summed E-state index contributed by atoms with van der Waals surface area (Å²) in [7, 11) is 0. The van der Waals surface area contributed by atoms with Crippen molar-refractivity contribution in [3.05, 3.63) is 24.0 Å². The van der Waals surface area contributed by atoms with Crippen LogP contribution in [0.25, 0.3) is 0 Å². The number of ether oxygens (including phenoxy) is 1. The summed E-state index contributed by atoms with van der Waals surface area (Å²) >= 11 is 0. The molecule has 0 aromatic carbocycles. The zero-order chi connectivity index (χ0) is 11.3. The molecule has 0 fully saturated rings. The minimum Gasteiger partial charge on any atom is -0.492 e. The van der Waals surface area contributed by atoms with Gasteiger partial charge in [0, 0.05) is 6.20 Å². The highest BCUT2D eigenvalue weighted by molar-refractivity contribution is 5.26. The Morgan fingerprint density at radius 3 is 2.73 bits per heavy atom. The average Bonchev–Trinajstić information content (AvgIpc) is 2.28. The Morgan fingerprint density at radius 2 is 2.13 bits per heavy atom. The van der Waals surface area contributed by atoms with Crippen molar-refractivity contribution in [3.8, 4) is 5.75 Å². The third-order valence-electron chi connectivity index (χ3n) is 2.80. The number of nitrogens with two attached hydrogens (primary N) is 1. The highest BCUT2D eigenvalue weighted by atomic mass is 16.5. The second-order valence-corrected chi connectivity index (χ2v) is 3.89. The van der Waals surface area contributed by atoms with Crippen LogP contribution in [0.1, 0.15) is 32.3 Å². The number of pyridine rings is 1. The lowest BCUT2D eigenvalue weighted by Crippen LogP contribution is -2.17. The van der Waals surface area contributed by atoms with Crippen molar-refractivity contribution < 1.29 is 4.74 Å². The SMILES string of the molecule is CCOc1cncc(C(C)C(C)CN)c1. The topological polar surface area (TPSA) is 48.1 Å². The van der Waals surface area contributed by atoms with E-state index in [4.69, 9.17) is 10.5 Å². The van der Waals surface area contributed by atoms with Gasteiger partial charge in [0.25, 0.3) is 0 Å². The van der Waals surface area contributed by atoms with Gasteiger partial charge in [-0.2, -0.15) is 0 Å². The molecule has 0 aliphatic carbocycles. The van der Waals surface area contributed by atoms with E-state index in [1.807, 2.05) is 19.2 Å². The van der Waals surface area contributed by atoms with Crippen molar-refractivity contribution >= 4 is 0 Å². The molecule has 0 bridgehead atoms. The van der Waals surface area contributed by atoms with Crippen LogP contribution in [0.3, 0.4) is 0 Å². The molecule has 0 aliphatic heterocycles. The number of hydrogen-bond donors (Lipinski definition) is 1. The van der Waals surface area contributed by atoms with Crippen LogP contribution in [-0.4, -0.2) is 18.1 Å². The molecule has 1 aromatic heterocycles. The Kier molecular flexibility index (Phi) is 4.56. The fourth-order valence-electron chi connectivity index (χ4n) is 1.46. The fraction of sp³-hybridized carbons (Fsp3) is 0.583. The van der Waals surface area contributed by atoms with Crippen molar-refractivity contribution in [2.24, 2.45) is 11.7 Å². The number of hydrogen-bond acceptors (Lipinski definition) is 3. The Morgan fingerprint density at radius 1 is 1.40 bits per heavy atom. The largest absolute Gasteiger partial charge is 0.492 e. The maximum atomic E-state index is 5.66. The van der Waals surface area contributed by atoms with Crippen LogP contribution in [0.15, 0.2) is 18.5 Å². The molecule has 0 aliphatic rings. The standard InChI is InChI=1S/C12H20N2O/c1-4-15-12-5-11(7-14-8-12)10(3)9(2)6-13/h5,7-10H,4,6,13H2,1-3H3. The van der Waals surface area contributed by atoms with E-state index in [1.54, 1.807) is 6.20 Å². The molecule has 0 saturated carbocycles. The van der Waals surface area contributed by atoms with Crippen LogP contribution < -0.4 is 10.5 Å². The van der Waals surface area contributed by atoms with E-state index >= 15 is 0 Å². The van der Waals surface area contributed by atoms with E-state index in [0.29, 0.717) is 25.0 Å². The molecule has 1 rings (SSSR count). The van der Waals surface area contributed by atoms with Gasteiger partial charge in [0.2, 0.25) is 0 Å². The molecule has 1 aromatic rings. The van der Waals surface area contributed by atoms with Crippen molar-refractivity contribution in [3.63, 3.8) is 0 Å². The minimum absolute atomic E-state index is 0.419. The van der Waals surface area contributed by atoms with E-state index < -0.39 is 0 Å². The predicted octanol–water partition coefficient (Wildman–Crippen LogP) is 2.18. The predicted molar refractivity (Wildman–Crippen MR) is 62.0 cm³/mol. The minimum atomic E-state index is 0.419. The Balaban J connectivity index is 2.80. The third-order valence-corrected chi connectivity index (χ3v) is 2.80. The Bertz CT molecular complexity index is 301. The van der Waals surface area contributed by atoms with Gasteiger partial charge in [-0.3, -0.25) is 4.98 Å². The lowest BCUT2D eigenvalue weighted by Gasteiger charge is -2.18. The quantitative estimate of drug-likeness (QED) is 0.806. The summed E-state index contributed by atoms with van der Waals surface area (Å²) in [6, 6.07) is 2.05. The summed E-state index contributed by atoms with van der Waals surface area (Å²) in [5.41, 5.74) is 6.85. The van der Waals surface area contributed by atoms with Gasteiger partial charge >= 0.3 is 0 Å². The van der Waals surface area contributed by atoms with Gasteiger partial charge in [0.15, 0.2) is 0 Å². The summed E-state index contributed by atoms with van der Waals surface area (Å²) in [5.74, 6) is 1.72. The maximum absolute atomic E-state index is 5.66. The molecule has 1 heterocycles.